The smallest absolute Gasteiger partial charge is 0.350 e. The maximum absolute atomic E-state index is 11.7. The summed E-state index contributed by atoms with van der Waals surface area (Å²) in [6, 6.07) is 1.73. The minimum atomic E-state index is -0.280. The van der Waals surface area contributed by atoms with Gasteiger partial charge in [0, 0.05) is 6.07 Å². The van der Waals surface area contributed by atoms with Crippen molar-refractivity contribution in [2.75, 3.05) is 18.2 Å². The fourth-order valence-corrected chi connectivity index (χ4v) is 2.59. The molecule has 2 aliphatic heterocycles. The molecule has 2 aliphatic rings. The van der Waals surface area contributed by atoms with Gasteiger partial charge in [-0.1, -0.05) is 11.6 Å². The number of halogens is 1. The summed E-state index contributed by atoms with van der Waals surface area (Å²) >= 11 is 5.81. The number of nitrogens with zero attached hydrogens (tertiary/aromatic N) is 3. The third kappa shape index (κ3) is 1.28. The minimum Gasteiger partial charge on any atom is -0.361 e. The van der Waals surface area contributed by atoms with E-state index in [2.05, 4.69) is 16.8 Å². The van der Waals surface area contributed by atoms with Crippen LogP contribution in [0.1, 0.15) is 13.3 Å². The Balaban J connectivity index is 2.17. The molecule has 6 heteroatoms. The molecule has 0 amide bonds. The molecule has 0 aromatic carbocycles. The van der Waals surface area contributed by atoms with E-state index in [9.17, 15) is 4.79 Å². The highest BCUT2D eigenvalue weighted by molar-refractivity contribution is 6.29. The lowest BCUT2D eigenvalue weighted by molar-refractivity contribution is 0.0634. The molecule has 0 aliphatic carbocycles. The average Bonchev–Trinajstić information content (AvgIpc) is 2.52. The predicted octanol–water partition coefficient (Wildman–Crippen LogP) is 0.853. The van der Waals surface area contributed by atoms with Crippen molar-refractivity contribution in [1.29, 1.82) is 0 Å². The van der Waals surface area contributed by atoms with Gasteiger partial charge in [-0.25, -0.2) is 4.79 Å². The molecule has 1 aromatic rings. The van der Waals surface area contributed by atoms with Gasteiger partial charge in [0.25, 0.3) is 0 Å². The Morgan fingerprint density at radius 1 is 1.62 bits per heavy atom. The number of ether oxygens (including phenoxy) is 1. The highest BCUT2D eigenvalue weighted by Crippen LogP contribution is 2.37. The van der Waals surface area contributed by atoms with Gasteiger partial charge in [0.1, 0.15) is 17.7 Å². The summed E-state index contributed by atoms with van der Waals surface area (Å²) in [6.07, 6.45) is 0.908. The van der Waals surface area contributed by atoms with Crippen molar-refractivity contribution in [3.8, 4) is 0 Å². The normalized spacial score (nSPS) is 27.8. The van der Waals surface area contributed by atoms with E-state index < -0.39 is 0 Å². The Kier molecular flexibility index (Phi) is 2.03. The van der Waals surface area contributed by atoms with Gasteiger partial charge in [-0.05, 0) is 13.3 Å². The minimum absolute atomic E-state index is 0.0449. The highest BCUT2D eigenvalue weighted by Gasteiger charge is 2.42. The monoisotopic (exact) mass is 241 g/mol. The van der Waals surface area contributed by atoms with Gasteiger partial charge in [0.05, 0.1) is 18.7 Å². The van der Waals surface area contributed by atoms with Crippen LogP contribution in [-0.4, -0.2) is 28.4 Å². The lowest BCUT2D eigenvalue weighted by atomic mass is 9.97. The van der Waals surface area contributed by atoms with E-state index in [0.717, 1.165) is 18.8 Å². The quantitative estimate of drug-likeness (QED) is 0.632. The number of rotatable bonds is 0. The van der Waals surface area contributed by atoms with Crippen molar-refractivity contribution in [3.05, 3.63) is 21.7 Å². The first kappa shape index (κ1) is 10.1. The maximum Gasteiger partial charge on any atom is 0.350 e. The van der Waals surface area contributed by atoms with Crippen LogP contribution in [0.2, 0.25) is 5.15 Å². The molecule has 0 bridgehead atoms. The molecular formula is C10H12ClN3O2. The van der Waals surface area contributed by atoms with E-state index in [1.54, 1.807) is 10.6 Å². The zero-order valence-electron chi connectivity index (χ0n) is 8.94. The molecule has 1 aromatic heterocycles. The number of aromatic nitrogens is 2. The van der Waals surface area contributed by atoms with Crippen molar-refractivity contribution in [1.82, 2.24) is 9.55 Å². The summed E-state index contributed by atoms with van der Waals surface area (Å²) < 4.78 is 7.10. The van der Waals surface area contributed by atoms with Gasteiger partial charge in [-0.3, -0.25) is 4.57 Å². The predicted molar refractivity (Wildman–Crippen MR) is 59.8 cm³/mol. The molecule has 3 rings (SSSR count). The highest BCUT2D eigenvalue weighted by atomic mass is 35.5. The summed E-state index contributed by atoms with van der Waals surface area (Å²) in [5.41, 5.74) is -0.324. The third-order valence-corrected chi connectivity index (χ3v) is 3.58. The molecular weight excluding hydrogens is 230 g/mol. The van der Waals surface area contributed by atoms with Gasteiger partial charge in [-0.15, -0.1) is 0 Å². The van der Waals surface area contributed by atoms with Crippen LogP contribution in [0.4, 0.5) is 5.82 Å². The molecule has 0 N–H and O–H groups in total. The summed E-state index contributed by atoms with van der Waals surface area (Å²) in [7, 11) is 0. The second-order valence-corrected chi connectivity index (χ2v) is 4.91. The summed E-state index contributed by atoms with van der Waals surface area (Å²) in [5, 5.41) is 0.242. The van der Waals surface area contributed by atoms with Crippen LogP contribution in [0.3, 0.4) is 0 Å². The van der Waals surface area contributed by atoms with E-state index in [1.807, 2.05) is 0 Å². The van der Waals surface area contributed by atoms with E-state index >= 15 is 0 Å². The van der Waals surface area contributed by atoms with E-state index in [-0.39, 0.29) is 16.4 Å². The molecule has 1 atom stereocenters. The Hall–Kier alpha value is -1.07. The number of hydrogen-bond donors (Lipinski definition) is 0. The zero-order valence-corrected chi connectivity index (χ0v) is 9.70. The van der Waals surface area contributed by atoms with Crippen molar-refractivity contribution < 1.29 is 4.74 Å². The molecule has 0 radical (unpaired) electrons. The third-order valence-electron chi connectivity index (χ3n) is 3.39. The Labute approximate surface area is 97.6 Å². The summed E-state index contributed by atoms with van der Waals surface area (Å²) in [5.74, 6) is 0.812. The Morgan fingerprint density at radius 3 is 3.25 bits per heavy atom. The van der Waals surface area contributed by atoms with Gasteiger partial charge in [0.2, 0.25) is 0 Å². The van der Waals surface area contributed by atoms with Crippen LogP contribution >= 0.6 is 11.6 Å². The second kappa shape index (κ2) is 3.21. The summed E-state index contributed by atoms with van der Waals surface area (Å²) in [6.45, 7) is 4.04. The van der Waals surface area contributed by atoms with Gasteiger partial charge in [-0.2, -0.15) is 4.98 Å². The lowest BCUT2D eigenvalue weighted by Gasteiger charge is -2.39. The topological polar surface area (TPSA) is 47.4 Å². The van der Waals surface area contributed by atoms with Crippen molar-refractivity contribution >= 4 is 17.4 Å². The zero-order chi connectivity index (χ0) is 11.3. The largest absolute Gasteiger partial charge is 0.361 e. The van der Waals surface area contributed by atoms with Crippen LogP contribution in [0.15, 0.2) is 10.9 Å². The van der Waals surface area contributed by atoms with E-state index in [0.29, 0.717) is 13.3 Å². The lowest BCUT2D eigenvalue weighted by Crippen LogP contribution is -2.50. The molecule has 1 saturated heterocycles. The van der Waals surface area contributed by atoms with Crippen molar-refractivity contribution in [2.24, 2.45) is 0 Å². The van der Waals surface area contributed by atoms with E-state index in [1.165, 1.54) is 0 Å². The first-order valence-corrected chi connectivity index (χ1v) is 5.61. The average molecular weight is 242 g/mol. The standard InChI is InChI=1S/C10H12ClN3O2/c1-10-2-3-16-6-14(10)8-4-7(11)12-9(15)13(8)5-10/h4H,2-3,5-6H2,1H3. The van der Waals surface area contributed by atoms with Crippen LogP contribution in [0.5, 0.6) is 0 Å². The van der Waals surface area contributed by atoms with Gasteiger partial charge in [0.15, 0.2) is 0 Å². The molecule has 5 nitrogen and oxygen atoms in total. The van der Waals surface area contributed by atoms with Crippen LogP contribution in [0, 0.1) is 0 Å². The molecule has 1 fully saturated rings. The van der Waals surface area contributed by atoms with Gasteiger partial charge >= 0.3 is 5.69 Å². The Bertz CT molecular complexity index is 501. The molecule has 86 valence electrons. The maximum atomic E-state index is 11.7. The van der Waals surface area contributed by atoms with Crippen LogP contribution in [0.25, 0.3) is 0 Å². The molecule has 1 unspecified atom stereocenters. The molecule has 3 heterocycles. The molecule has 0 saturated carbocycles. The van der Waals surface area contributed by atoms with Crippen molar-refractivity contribution in [3.63, 3.8) is 0 Å². The summed E-state index contributed by atoms with van der Waals surface area (Å²) in [4.78, 5) is 17.5. The fraction of sp³-hybridized carbons (Fsp3) is 0.600. The van der Waals surface area contributed by atoms with Crippen LogP contribution in [-0.2, 0) is 11.3 Å². The first-order chi connectivity index (χ1) is 7.60. The SMILES string of the molecule is CC12CCOCN1c1cc(Cl)nc(=O)n1C2. The molecule has 16 heavy (non-hydrogen) atoms. The van der Waals surface area contributed by atoms with Crippen molar-refractivity contribution in [2.45, 2.75) is 25.4 Å². The number of fused-ring (bicyclic) bond motifs is 3. The Morgan fingerprint density at radius 2 is 2.44 bits per heavy atom. The number of hydrogen-bond acceptors (Lipinski definition) is 4. The fourth-order valence-electron chi connectivity index (χ4n) is 2.43. The van der Waals surface area contributed by atoms with E-state index in [4.69, 9.17) is 16.3 Å². The first-order valence-electron chi connectivity index (χ1n) is 5.23. The molecule has 0 spiro atoms. The second-order valence-electron chi connectivity index (χ2n) is 4.52. The number of anilines is 1. The van der Waals surface area contributed by atoms with Gasteiger partial charge < -0.3 is 9.64 Å². The van der Waals surface area contributed by atoms with Crippen LogP contribution < -0.4 is 10.6 Å².